The van der Waals surface area contributed by atoms with E-state index in [-0.39, 0.29) is 23.7 Å². The average Bonchev–Trinajstić information content (AvgIpc) is 2.70. The molecule has 29 heavy (non-hydrogen) atoms. The fraction of sp³-hybridized carbons (Fsp3) is 0.0556. The maximum absolute atomic E-state index is 13.8. The van der Waals surface area contributed by atoms with Gasteiger partial charge in [0.1, 0.15) is 18.0 Å². The summed E-state index contributed by atoms with van der Waals surface area (Å²) in [5.74, 6) is -2.74. The number of amides is 1. The third kappa shape index (κ3) is 4.97. The number of hydrogen-bond acceptors (Lipinski definition) is 7. The second-order valence-electron chi connectivity index (χ2n) is 5.76. The molecule has 0 spiro atoms. The Hall–Kier alpha value is -4.15. The highest BCUT2D eigenvalue weighted by molar-refractivity contribution is 5.81. The van der Waals surface area contributed by atoms with Crippen LogP contribution in [0.1, 0.15) is 5.56 Å². The number of nitro groups is 1. The van der Waals surface area contributed by atoms with E-state index in [1.165, 1.54) is 0 Å². The normalized spacial score (nSPS) is 10.3. The van der Waals surface area contributed by atoms with Crippen LogP contribution in [-0.2, 0) is 11.2 Å². The van der Waals surface area contributed by atoms with Crippen molar-refractivity contribution in [3.63, 3.8) is 0 Å². The monoisotopic (exact) mass is 400 g/mol. The summed E-state index contributed by atoms with van der Waals surface area (Å²) in [6.45, 7) is 0. The summed E-state index contributed by atoms with van der Waals surface area (Å²) >= 11 is 0. The van der Waals surface area contributed by atoms with Gasteiger partial charge in [-0.1, -0.05) is 30.3 Å². The van der Waals surface area contributed by atoms with Gasteiger partial charge in [-0.25, -0.2) is 18.7 Å². The summed E-state index contributed by atoms with van der Waals surface area (Å²) in [5.41, 5.74) is 4.42. The first-order valence-electron chi connectivity index (χ1n) is 8.24. The Morgan fingerprint density at radius 1 is 1.07 bits per heavy atom. The molecule has 9 nitrogen and oxygen atoms in total. The fourth-order valence-corrected chi connectivity index (χ4v) is 2.41. The molecule has 1 heterocycles. The smallest absolute Gasteiger partial charge is 0.332 e. The van der Waals surface area contributed by atoms with Crippen molar-refractivity contribution < 1.29 is 18.5 Å². The van der Waals surface area contributed by atoms with Crippen molar-refractivity contribution >= 4 is 28.9 Å². The van der Waals surface area contributed by atoms with Gasteiger partial charge in [-0.15, -0.1) is 0 Å². The van der Waals surface area contributed by atoms with Gasteiger partial charge >= 0.3 is 5.69 Å². The molecular formula is C18H14F2N6O3. The third-order valence-corrected chi connectivity index (χ3v) is 3.71. The Bertz CT molecular complexity index is 1050. The highest BCUT2D eigenvalue weighted by Crippen LogP contribution is 2.31. The van der Waals surface area contributed by atoms with Gasteiger partial charge in [-0.2, -0.15) is 0 Å². The molecule has 0 radical (unpaired) electrons. The molecule has 3 N–H and O–H groups in total. The molecule has 1 aromatic heterocycles. The van der Waals surface area contributed by atoms with Crippen LogP contribution < -0.4 is 16.2 Å². The van der Waals surface area contributed by atoms with E-state index in [0.717, 1.165) is 30.1 Å². The van der Waals surface area contributed by atoms with E-state index in [0.29, 0.717) is 0 Å². The van der Waals surface area contributed by atoms with Gasteiger partial charge in [-0.05, 0) is 17.7 Å². The van der Waals surface area contributed by atoms with E-state index >= 15 is 0 Å². The average molecular weight is 400 g/mol. The zero-order chi connectivity index (χ0) is 20.8. The zero-order valence-electron chi connectivity index (χ0n) is 14.7. The molecule has 0 bridgehead atoms. The van der Waals surface area contributed by atoms with Gasteiger partial charge in [0.15, 0.2) is 0 Å². The molecule has 1 amide bonds. The Balaban J connectivity index is 1.79. The standard InChI is InChI=1S/C18H14F2N6O3/c19-12-6-7-13(20)14(9-12)23-17-16(26(28)29)18(22-10-21-17)25-24-15(27)8-11-4-2-1-3-5-11/h1-7,9-10H,8H2,(H,24,27)(H2,21,22,23,25). The molecule has 0 unspecified atom stereocenters. The van der Waals surface area contributed by atoms with Crippen LogP contribution >= 0.6 is 0 Å². The van der Waals surface area contributed by atoms with Crippen molar-refractivity contribution in [3.05, 3.63) is 82.2 Å². The summed E-state index contributed by atoms with van der Waals surface area (Å²) < 4.78 is 27.2. The molecule has 0 fully saturated rings. The number of carbonyl (C=O) groups excluding carboxylic acids is 1. The predicted molar refractivity (Wildman–Crippen MR) is 100 cm³/mol. The van der Waals surface area contributed by atoms with Gasteiger partial charge < -0.3 is 5.32 Å². The zero-order valence-corrected chi connectivity index (χ0v) is 14.7. The van der Waals surface area contributed by atoms with Gasteiger partial charge in [0.05, 0.1) is 17.0 Å². The fourth-order valence-electron chi connectivity index (χ4n) is 2.41. The minimum absolute atomic E-state index is 0.0341. The minimum Gasteiger partial charge on any atom is -0.332 e. The summed E-state index contributed by atoms with van der Waals surface area (Å²) in [6.07, 6.45) is 1.00. The Labute approximate surface area is 162 Å². The quantitative estimate of drug-likeness (QED) is 0.411. The van der Waals surface area contributed by atoms with Crippen LogP contribution in [0.3, 0.4) is 0 Å². The number of carbonyl (C=O) groups is 1. The first-order chi connectivity index (χ1) is 13.9. The predicted octanol–water partition coefficient (Wildman–Crippen LogP) is 3.09. The molecule has 148 valence electrons. The van der Waals surface area contributed by atoms with Gasteiger partial charge in [0.2, 0.25) is 17.5 Å². The molecule has 3 rings (SSSR count). The summed E-state index contributed by atoms with van der Waals surface area (Å²) in [7, 11) is 0. The van der Waals surface area contributed by atoms with Gasteiger partial charge in [-0.3, -0.25) is 25.8 Å². The number of hydrazine groups is 1. The first kappa shape index (κ1) is 19.6. The largest absolute Gasteiger partial charge is 0.355 e. The maximum Gasteiger partial charge on any atom is 0.355 e. The second kappa shape index (κ2) is 8.69. The van der Waals surface area contributed by atoms with E-state index in [2.05, 4.69) is 26.1 Å². The summed E-state index contributed by atoms with van der Waals surface area (Å²) in [4.78, 5) is 30.2. The number of benzene rings is 2. The van der Waals surface area contributed by atoms with E-state index in [1.54, 1.807) is 30.3 Å². The highest BCUT2D eigenvalue weighted by atomic mass is 19.1. The lowest BCUT2D eigenvalue weighted by molar-refractivity contribution is -0.383. The third-order valence-electron chi connectivity index (χ3n) is 3.71. The summed E-state index contributed by atoms with van der Waals surface area (Å²) in [6, 6.07) is 11.5. The van der Waals surface area contributed by atoms with Gasteiger partial charge in [0, 0.05) is 6.07 Å². The van der Waals surface area contributed by atoms with E-state index < -0.39 is 28.2 Å². The molecule has 11 heteroatoms. The lowest BCUT2D eigenvalue weighted by Gasteiger charge is -2.11. The maximum atomic E-state index is 13.8. The number of anilines is 3. The first-order valence-corrected chi connectivity index (χ1v) is 8.24. The van der Waals surface area contributed by atoms with Crippen LogP contribution in [0.4, 0.5) is 31.8 Å². The van der Waals surface area contributed by atoms with Crippen molar-refractivity contribution in [2.45, 2.75) is 6.42 Å². The van der Waals surface area contributed by atoms with Crippen LogP contribution in [0, 0.1) is 21.7 Å². The molecule has 0 aliphatic carbocycles. The van der Waals surface area contributed by atoms with Crippen LogP contribution in [0.25, 0.3) is 0 Å². The Morgan fingerprint density at radius 3 is 2.52 bits per heavy atom. The van der Waals surface area contributed by atoms with Crippen molar-refractivity contribution in [2.24, 2.45) is 0 Å². The van der Waals surface area contributed by atoms with E-state index in [9.17, 15) is 23.7 Å². The Kier molecular flexibility index (Phi) is 5.88. The minimum atomic E-state index is -0.829. The van der Waals surface area contributed by atoms with Crippen molar-refractivity contribution in [1.29, 1.82) is 0 Å². The van der Waals surface area contributed by atoms with Crippen LogP contribution in [0.15, 0.2) is 54.9 Å². The van der Waals surface area contributed by atoms with E-state index in [1.807, 2.05) is 0 Å². The number of hydrogen-bond donors (Lipinski definition) is 3. The van der Waals surface area contributed by atoms with E-state index in [4.69, 9.17) is 0 Å². The molecule has 0 aliphatic rings. The van der Waals surface area contributed by atoms with Crippen molar-refractivity contribution in [3.8, 4) is 0 Å². The molecular weight excluding hydrogens is 386 g/mol. The van der Waals surface area contributed by atoms with Crippen molar-refractivity contribution in [1.82, 2.24) is 15.4 Å². The van der Waals surface area contributed by atoms with Crippen LogP contribution in [-0.4, -0.2) is 20.8 Å². The second-order valence-corrected chi connectivity index (χ2v) is 5.76. The molecule has 0 saturated carbocycles. The number of nitrogens with one attached hydrogen (secondary N) is 3. The number of nitrogens with zero attached hydrogens (tertiary/aromatic N) is 3. The molecule has 3 aromatic rings. The topological polar surface area (TPSA) is 122 Å². The Morgan fingerprint density at radius 2 is 1.79 bits per heavy atom. The lowest BCUT2D eigenvalue weighted by atomic mass is 10.1. The number of halogens is 2. The SMILES string of the molecule is O=C(Cc1ccccc1)NNc1ncnc(Nc2cc(F)ccc2F)c1[N+](=O)[O-]. The van der Waals surface area contributed by atoms with Gasteiger partial charge in [0.25, 0.3) is 0 Å². The molecule has 0 saturated heterocycles. The molecule has 0 atom stereocenters. The lowest BCUT2D eigenvalue weighted by Crippen LogP contribution is -2.31. The number of aromatic nitrogens is 2. The molecule has 2 aromatic carbocycles. The van der Waals surface area contributed by atoms with Crippen LogP contribution in [0.5, 0.6) is 0 Å². The van der Waals surface area contributed by atoms with Crippen LogP contribution in [0.2, 0.25) is 0 Å². The molecule has 0 aliphatic heterocycles. The highest BCUT2D eigenvalue weighted by Gasteiger charge is 2.24. The number of rotatable bonds is 7. The van der Waals surface area contributed by atoms with Crippen molar-refractivity contribution in [2.75, 3.05) is 10.7 Å². The summed E-state index contributed by atoms with van der Waals surface area (Å²) in [5, 5.41) is 13.9.